The average molecular weight is 307 g/mol. The maximum Gasteiger partial charge on any atom is 0.107 e. The van der Waals surface area contributed by atoms with Gasteiger partial charge in [-0.05, 0) is 43.0 Å². The zero-order valence-electron chi connectivity index (χ0n) is 11.2. The molecule has 0 saturated carbocycles. The van der Waals surface area contributed by atoms with Crippen molar-refractivity contribution in [2.75, 3.05) is 0 Å². The maximum absolute atomic E-state index is 5.49. The van der Waals surface area contributed by atoms with Gasteiger partial charge in [0.25, 0.3) is 0 Å². The van der Waals surface area contributed by atoms with Gasteiger partial charge in [-0.3, -0.25) is 0 Å². The van der Waals surface area contributed by atoms with Crippen LogP contribution in [0, 0.1) is 13.8 Å². The Balaban J connectivity index is 2.16. The Morgan fingerprint density at radius 1 is 1.17 bits per heavy atom. The van der Waals surface area contributed by atoms with Crippen LogP contribution >= 0.6 is 15.9 Å². The van der Waals surface area contributed by atoms with Crippen LogP contribution in [0.5, 0.6) is 0 Å². The molecule has 1 aromatic heterocycles. The highest BCUT2D eigenvalue weighted by Gasteiger charge is 2.14. The summed E-state index contributed by atoms with van der Waals surface area (Å²) in [6.45, 7) is 6.44. The van der Waals surface area contributed by atoms with E-state index in [9.17, 15) is 0 Å². The fraction of sp³-hybridized carbons (Fsp3) is 0.375. The lowest BCUT2D eigenvalue weighted by molar-refractivity contribution is 0.511. The Labute approximate surface area is 117 Å². The van der Waals surface area contributed by atoms with E-state index in [1.54, 1.807) is 6.26 Å². The molecule has 0 N–H and O–H groups in total. The average Bonchev–Trinajstić information content (AvgIpc) is 2.82. The van der Waals surface area contributed by atoms with E-state index < -0.39 is 0 Å². The van der Waals surface area contributed by atoms with Gasteiger partial charge in [0.1, 0.15) is 5.76 Å². The third-order valence-corrected chi connectivity index (χ3v) is 4.24. The molecule has 0 fully saturated rings. The van der Waals surface area contributed by atoms with E-state index in [2.05, 4.69) is 61.0 Å². The smallest absolute Gasteiger partial charge is 0.107 e. The van der Waals surface area contributed by atoms with Crippen LogP contribution in [0.1, 0.15) is 39.8 Å². The van der Waals surface area contributed by atoms with Crippen LogP contribution in [0.2, 0.25) is 0 Å². The normalized spacial score (nSPS) is 12.7. The van der Waals surface area contributed by atoms with Crippen LogP contribution in [0.3, 0.4) is 0 Å². The Bertz CT molecular complexity index is 528. The molecular weight excluding hydrogens is 288 g/mol. The largest absolute Gasteiger partial charge is 0.469 e. The second kappa shape index (κ2) is 5.75. The first-order valence-corrected chi connectivity index (χ1v) is 7.29. The van der Waals surface area contributed by atoms with Gasteiger partial charge in [0.15, 0.2) is 0 Å². The third-order valence-electron chi connectivity index (χ3n) is 3.42. The molecule has 0 spiro atoms. The second-order valence-electron chi connectivity index (χ2n) is 4.74. The Morgan fingerprint density at radius 3 is 2.61 bits per heavy atom. The van der Waals surface area contributed by atoms with Crippen molar-refractivity contribution in [3.8, 4) is 0 Å². The number of benzene rings is 1. The zero-order valence-corrected chi connectivity index (χ0v) is 12.8. The number of furan rings is 1. The zero-order chi connectivity index (χ0) is 13.1. The molecule has 1 nitrogen and oxygen atoms in total. The van der Waals surface area contributed by atoms with E-state index in [-0.39, 0.29) is 0 Å². The molecule has 2 aromatic rings. The fourth-order valence-corrected chi connectivity index (χ4v) is 2.95. The molecule has 2 heteroatoms. The van der Waals surface area contributed by atoms with Crippen molar-refractivity contribution in [1.29, 1.82) is 0 Å². The van der Waals surface area contributed by atoms with E-state index in [0.717, 1.165) is 18.6 Å². The molecule has 0 bridgehead atoms. The lowest BCUT2D eigenvalue weighted by Crippen LogP contribution is -1.98. The molecule has 1 heterocycles. The van der Waals surface area contributed by atoms with Gasteiger partial charge in [0.05, 0.1) is 6.26 Å². The molecule has 0 saturated heterocycles. The van der Waals surface area contributed by atoms with Gasteiger partial charge < -0.3 is 4.42 Å². The number of alkyl halides is 1. The topological polar surface area (TPSA) is 13.1 Å². The van der Waals surface area contributed by atoms with Crippen LogP contribution in [-0.4, -0.2) is 0 Å². The molecule has 1 atom stereocenters. The van der Waals surface area contributed by atoms with Crippen LogP contribution in [0.4, 0.5) is 0 Å². The molecule has 0 aliphatic rings. The minimum absolute atomic E-state index is 0.327. The summed E-state index contributed by atoms with van der Waals surface area (Å²) in [6, 6.07) is 8.75. The molecule has 0 radical (unpaired) electrons. The van der Waals surface area contributed by atoms with Crippen molar-refractivity contribution >= 4 is 15.9 Å². The molecule has 96 valence electrons. The second-order valence-corrected chi connectivity index (χ2v) is 5.85. The minimum atomic E-state index is 0.327. The third kappa shape index (κ3) is 2.86. The summed E-state index contributed by atoms with van der Waals surface area (Å²) in [5, 5.41) is 0. The van der Waals surface area contributed by atoms with E-state index >= 15 is 0 Å². The van der Waals surface area contributed by atoms with Gasteiger partial charge in [-0.25, -0.2) is 0 Å². The number of halogens is 1. The first-order chi connectivity index (χ1) is 8.61. The van der Waals surface area contributed by atoms with Crippen molar-refractivity contribution in [3.63, 3.8) is 0 Å². The van der Waals surface area contributed by atoms with Gasteiger partial charge in [-0.2, -0.15) is 0 Å². The van der Waals surface area contributed by atoms with E-state index in [1.165, 1.54) is 22.3 Å². The first-order valence-electron chi connectivity index (χ1n) is 6.38. The number of hydrogen-bond donors (Lipinski definition) is 0. The molecule has 0 aliphatic carbocycles. The van der Waals surface area contributed by atoms with Gasteiger partial charge in [0.2, 0.25) is 0 Å². The van der Waals surface area contributed by atoms with Crippen molar-refractivity contribution in [3.05, 3.63) is 58.5 Å². The quantitative estimate of drug-likeness (QED) is 0.713. The van der Waals surface area contributed by atoms with E-state index in [4.69, 9.17) is 4.42 Å². The summed E-state index contributed by atoms with van der Waals surface area (Å²) in [7, 11) is 0. The minimum Gasteiger partial charge on any atom is -0.469 e. The summed E-state index contributed by atoms with van der Waals surface area (Å²) >= 11 is 3.78. The Kier molecular flexibility index (Phi) is 4.28. The summed E-state index contributed by atoms with van der Waals surface area (Å²) in [4.78, 5) is 0.327. The number of hydrogen-bond acceptors (Lipinski definition) is 1. The molecule has 0 aliphatic heterocycles. The molecule has 18 heavy (non-hydrogen) atoms. The highest BCUT2D eigenvalue weighted by atomic mass is 79.9. The molecular formula is C16H19BrO. The maximum atomic E-state index is 5.49. The molecule has 1 unspecified atom stereocenters. The van der Waals surface area contributed by atoms with Crippen molar-refractivity contribution in [1.82, 2.24) is 0 Å². The van der Waals surface area contributed by atoms with Gasteiger partial charge >= 0.3 is 0 Å². The number of rotatable bonds is 4. The standard InChI is InChI=1S/C16H19BrO/c1-4-16-14(7-8-18-16)15(17)10-13-6-5-11(2)12(3)9-13/h5-9,15H,4,10H2,1-3H3. The van der Waals surface area contributed by atoms with Gasteiger partial charge in [-0.1, -0.05) is 41.1 Å². The Morgan fingerprint density at radius 2 is 1.94 bits per heavy atom. The van der Waals surface area contributed by atoms with Crippen molar-refractivity contribution < 1.29 is 4.42 Å². The van der Waals surface area contributed by atoms with Crippen LogP contribution in [0.15, 0.2) is 34.9 Å². The predicted molar refractivity (Wildman–Crippen MR) is 79.4 cm³/mol. The van der Waals surface area contributed by atoms with Crippen LogP contribution in [0.25, 0.3) is 0 Å². The molecule has 0 amide bonds. The first kappa shape index (κ1) is 13.4. The van der Waals surface area contributed by atoms with Crippen LogP contribution in [-0.2, 0) is 12.8 Å². The highest BCUT2D eigenvalue weighted by molar-refractivity contribution is 9.09. The van der Waals surface area contributed by atoms with Crippen LogP contribution < -0.4 is 0 Å². The predicted octanol–water partition coefficient (Wildman–Crippen LogP) is 5.14. The van der Waals surface area contributed by atoms with E-state index in [0.29, 0.717) is 4.83 Å². The summed E-state index contributed by atoms with van der Waals surface area (Å²) in [5.74, 6) is 1.08. The highest BCUT2D eigenvalue weighted by Crippen LogP contribution is 2.31. The summed E-state index contributed by atoms with van der Waals surface area (Å²) in [6.07, 6.45) is 3.72. The van der Waals surface area contributed by atoms with Gasteiger partial charge in [0, 0.05) is 16.8 Å². The fourth-order valence-electron chi connectivity index (χ4n) is 2.16. The van der Waals surface area contributed by atoms with Gasteiger partial charge in [-0.15, -0.1) is 0 Å². The van der Waals surface area contributed by atoms with Crippen molar-refractivity contribution in [2.45, 2.75) is 38.4 Å². The Hall–Kier alpha value is -1.02. The van der Waals surface area contributed by atoms with Crippen molar-refractivity contribution in [2.24, 2.45) is 0 Å². The summed E-state index contributed by atoms with van der Waals surface area (Å²) in [5.41, 5.74) is 5.34. The molecule has 1 aromatic carbocycles. The van der Waals surface area contributed by atoms with E-state index in [1.807, 2.05) is 0 Å². The molecule has 2 rings (SSSR count). The summed E-state index contributed by atoms with van der Waals surface area (Å²) < 4.78 is 5.49. The monoisotopic (exact) mass is 306 g/mol. The lowest BCUT2D eigenvalue weighted by Gasteiger charge is -2.11. The SMILES string of the molecule is CCc1occc1C(Br)Cc1ccc(C)c(C)c1. The number of aryl methyl sites for hydroxylation is 3. The lowest BCUT2D eigenvalue weighted by atomic mass is 10.0.